The Balaban J connectivity index is 3.30. The Morgan fingerprint density at radius 1 is 1.53 bits per heavy atom. The third kappa shape index (κ3) is 3.14. The van der Waals surface area contributed by atoms with E-state index in [9.17, 15) is 9.59 Å². The molecule has 0 spiro atoms. The van der Waals surface area contributed by atoms with Crippen LogP contribution < -0.4 is 0 Å². The van der Waals surface area contributed by atoms with Crippen LogP contribution in [0.1, 0.15) is 33.2 Å². The van der Waals surface area contributed by atoms with Crippen molar-refractivity contribution in [1.82, 2.24) is 0 Å². The van der Waals surface area contributed by atoms with Crippen LogP contribution in [0.25, 0.3) is 0 Å². The molecule has 0 saturated carbocycles. The fourth-order valence-electron chi connectivity index (χ4n) is 1.43. The Kier molecular flexibility index (Phi) is 4.41. The molecule has 0 aliphatic rings. The standard InChI is InChI=1S/C12H10BrNO3/c1-7(15)11(13)10-6-9(12(16)17)3-2-8(10)4-5-14/h2-3,6,11H,4H2,1H3,(H,16,17). The smallest absolute Gasteiger partial charge is 0.335 e. The number of nitriles is 1. The average molecular weight is 296 g/mol. The van der Waals surface area contributed by atoms with Gasteiger partial charge in [0.05, 0.1) is 22.9 Å². The van der Waals surface area contributed by atoms with Crippen LogP contribution in [0.15, 0.2) is 18.2 Å². The van der Waals surface area contributed by atoms with Crippen molar-refractivity contribution in [2.75, 3.05) is 0 Å². The number of halogens is 1. The Hall–Kier alpha value is -1.67. The van der Waals surface area contributed by atoms with Crippen LogP contribution >= 0.6 is 15.9 Å². The predicted molar refractivity (Wildman–Crippen MR) is 65.1 cm³/mol. The molecule has 4 nitrogen and oxygen atoms in total. The lowest BCUT2D eigenvalue weighted by Crippen LogP contribution is -2.07. The van der Waals surface area contributed by atoms with Gasteiger partial charge in [-0.25, -0.2) is 4.79 Å². The maximum Gasteiger partial charge on any atom is 0.335 e. The van der Waals surface area contributed by atoms with E-state index in [0.29, 0.717) is 11.1 Å². The predicted octanol–water partition coefficient (Wildman–Crippen LogP) is 2.48. The first-order valence-corrected chi connectivity index (χ1v) is 5.76. The third-order valence-corrected chi connectivity index (χ3v) is 3.43. The maximum atomic E-state index is 11.3. The second kappa shape index (κ2) is 5.60. The molecule has 0 radical (unpaired) electrons. The number of hydrogen-bond donors (Lipinski definition) is 1. The highest BCUT2D eigenvalue weighted by Crippen LogP contribution is 2.28. The normalized spacial score (nSPS) is 11.6. The number of benzene rings is 1. The Morgan fingerprint density at radius 2 is 2.18 bits per heavy atom. The molecule has 1 aromatic carbocycles. The summed E-state index contributed by atoms with van der Waals surface area (Å²) in [5.41, 5.74) is 1.31. The van der Waals surface area contributed by atoms with E-state index in [0.717, 1.165) is 0 Å². The molecule has 1 N–H and O–H groups in total. The lowest BCUT2D eigenvalue weighted by Gasteiger charge is -2.11. The lowest BCUT2D eigenvalue weighted by molar-refractivity contribution is -0.116. The molecule has 1 aromatic rings. The molecule has 1 rings (SSSR count). The van der Waals surface area contributed by atoms with E-state index in [-0.39, 0.29) is 17.8 Å². The number of Topliss-reactive ketones (excluding diaryl/α,β-unsaturated/α-hetero) is 1. The van der Waals surface area contributed by atoms with Crippen molar-refractivity contribution in [3.05, 3.63) is 34.9 Å². The highest BCUT2D eigenvalue weighted by atomic mass is 79.9. The molecular formula is C12H10BrNO3. The van der Waals surface area contributed by atoms with Gasteiger partial charge in [-0.3, -0.25) is 4.79 Å². The van der Waals surface area contributed by atoms with Gasteiger partial charge >= 0.3 is 5.97 Å². The van der Waals surface area contributed by atoms with Crippen LogP contribution in [-0.2, 0) is 11.2 Å². The number of ketones is 1. The fourth-order valence-corrected chi connectivity index (χ4v) is 1.86. The molecule has 1 atom stereocenters. The van der Waals surface area contributed by atoms with E-state index in [1.54, 1.807) is 6.07 Å². The second-order valence-electron chi connectivity index (χ2n) is 3.53. The first-order chi connectivity index (χ1) is 7.97. The van der Waals surface area contributed by atoms with Gasteiger partial charge in [0, 0.05) is 0 Å². The fraction of sp³-hybridized carbons (Fsp3) is 0.250. The topological polar surface area (TPSA) is 78.2 Å². The number of nitrogens with zero attached hydrogens (tertiary/aromatic N) is 1. The van der Waals surface area contributed by atoms with Crippen LogP contribution in [0.4, 0.5) is 0 Å². The minimum absolute atomic E-state index is 0.104. The van der Waals surface area contributed by atoms with Crippen molar-refractivity contribution in [2.24, 2.45) is 0 Å². The van der Waals surface area contributed by atoms with Crippen molar-refractivity contribution in [2.45, 2.75) is 18.2 Å². The Morgan fingerprint density at radius 3 is 2.65 bits per heavy atom. The number of carbonyl (C=O) groups excluding carboxylic acids is 1. The molecule has 0 fully saturated rings. The number of alkyl halides is 1. The zero-order valence-electron chi connectivity index (χ0n) is 9.11. The third-order valence-electron chi connectivity index (χ3n) is 2.29. The summed E-state index contributed by atoms with van der Waals surface area (Å²) in [5, 5.41) is 17.6. The van der Waals surface area contributed by atoms with Crippen molar-refractivity contribution in [1.29, 1.82) is 5.26 Å². The molecule has 88 valence electrons. The lowest BCUT2D eigenvalue weighted by atomic mass is 9.98. The summed E-state index contributed by atoms with van der Waals surface area (Å²) in [4.78, 5) is 21.6. The molecule has 1 unspecified atom stereocenters. The van der Waals surface area contributed by atoms with Gasteiger partial charge in [0.1, 0.15) is 5.78 Å². The van der Waals surface area contributed by atoms with Crippen molar-refractivity contribution in [3.8, 4) is 6.07 Å². The number of carbonyl (C=O) groups is 2. The van der Waals surface area contributed by atoms with Gasteiger partial charge in [0.2, 0.25) is 0 Å². The number of carboxylic acids is 1. The molecule has 0 bridgehead atoms. The minimum atomic E-state index is -1.06. The Bertz CT molecular complexity index is 505. The zero-order valence-corrected chi connectivity index (χ0v) is 10.7. The zero-order chi connectivity index (χ0) is 13.0. The van der Waals surface area contributed by atoms with E-state index in [2.05, 4.69) is 15.9 Å². The highest BCUT2D eigenvalue weighted by Gasteiger charge is 2.18. The van der Waals surface area contributed by atoms with Gasteiger partial charge in [-0.1, -0.05) is 22.0 Å². The minimum Gasteiger partial charge on any atom is -0.478 e. The van der Waals surface area contributed by atoms with Crippen LogP contribution in [-0.4, -0.2) is 16.9 Å². The summed E-state index contributed by atoms with van der Waals surface area (Å²) in [6.45, 7) is 1.41. The summed E-state index contributed by atoms with van der Waals surface area (Å²) in [5.74, 6) is -1.19. The van der Waals surface area contributed by atoms with Crippen LogP contribution in [0, 0.1) is 11.3 Å². The van der Waals surface area contributed by atoms with Gasteiger partial charge in [0.15, 0.2) is 0 Å². The molecular weight excluding hydrogens is 286 g/mol. The van der Waals surface area contributed by atoms with E-state index in [4.69, 9.17) is 10.4 Å². The summed E-state index contributed by atoms with van der Waals surface area (Å²) < 4.78 is 0. The van der Waals surface area contributed by atoms with Crippen molar-refractivity contribution in [3.63, 3.8) is 0 Å². The quantitative estimate of drug-likeness (QED) is 0.866. The van der Waals surface area contributed by atoms with Gasteiger partial charge in [0.25, 0.3) is 0 Å². The molecule has 0 saturated heterocycles. The highest BCUT2D eigenvalue weighted by molar-refractivity contribution is 9.09. The van der Waals surface area contributed by atoms with E-state index in [1.165, 1.54) is 19.1 Å². The van der Waals surface area contributed by atoms with Crippen molar-refractivity contribution < 1.29 is 14.7 Å². The van der Waals surface area contributed by atoms with E-state index < -0.39 is 10.8 Å². The summed E-state index contributed by atoms with van der Waals surface area (Å²) >= 11 is 3.20. The van der Waals surface area contributed by atoms with Crippen LogP contribution in [0.3, 0.4) is 0 Å². The van der Waals surface area contributed by atoms with Gasteiger partial charge in [-0.15, -0.1) is 0 Å². The van der Waals surface area contributed by atoms with Gasteiger partial charge < -0.3 is 5.11 Å². The number of carboxylic acid groups (broad SMARTS) is 1. The number of hydrogen-bond acceptors (Lipinski definition) is 3. The molecule has 0 aliphatic heterocycles. The van der Waals surface area contributed by atoms with E-state index in [1.807, 2.05) is 6.07 Å². The summed E-state index contributed by atoms with van der Waals surface area (Å²) in [7, 11) is 0. The van der Waals surface area contributed by atoms with Crippen LogP contribution in [0.5, 0.6) is 0 Å². The second-order valence-corrected chi connectivity index (χ2v) is 4.44. The number of aromatic carboxylic acids is 1. The van der Waals surface area contributed by atoms with E-state index >= 15 is 0 Å². The average Bonchev–Trinajstić information content (AvgIpc) is 2.28. The largest absolute Gasteiger partial charge is 0.478 e. The molecule has 0 heterocycles. The monoisotopic (exact) mass is 295 g/mol. The molecule has 0 aliphatic carbocycles. The van der Waals surface area contributed by atoms with Crippen molar-refractivity contribution >= 4 is 27.7 Å². The molecule has 0 amide bonds. The molecule has 5 heteroatoms. The Labute approximate surface area is 107 Å². The maximum absolute atomic E-state index is 11.3. The van der Waals surface area contributed by atoms with Gasteiger partial charge in [-0.2, -0.15) is 5.26 Å². The summed E-state index contributed by atoms with van der Waals surface area (Å²) in [6.07, 6.45) is 0.143. The van der Waals surface area contributed by atoms with Crippen LogP contribution in [0.2, 0.25) is 0 Å². The number of rotatable bonds is 4. The first-order valence-electron chi connectivity index (χ1n) is 4.85. The first kappa shape index (κ1) is 13.4. The van der Waals surface area contributed by atoms with Gasteiger partial charge in [-0.05, 0) is 30.2 Å². The SMILES string of the molecule is CC(=O)C(Br)c1cc(C(=O)O)ccc1CC#N. The molecule has 0 aromatic heterocycles. The molecule has 17 heavy (non-hydrogen) atoms. The summed E-state index contributed by atoms with van der Waals surface area (Å²) in [6, 6.07) is 6.41.